The van der Waals surface area contributed by atoms with E-state index in [-0.39, 0.29) is 0 Å². The molecule has 0 aromatic carbocycles. The molecule has 1 N–H and O–H groups in total. The van der Waals surface area contributed by atoms with Gasteiger partial charge in [0.1, 0.15) is 5.82 Å². The first-order valence-electron chi connectivity index (χ1n) is 7.87. The minimum atomic E-state index is 0.605. The van der Waals surface area contributed by atoms with Gasteiger partial charge in [0.25, 0.3) is 0 Å². The van der Waals surface area contributed by atoms with Crippen LogP contribution in [-0.2, 0) is 13.6 Å². The maximum absolute atomic E-state index is 4.63. The van der Waals surface area contributed by atoms with Crippen LogP contribution in [0, 0.1) is 18.8 Å². The van der Waals surface area contributed by atoms with Gasteiger partial charge in [-0.05, 0) is 45.1 Å². The maximum atomic E-state index is 4.63. The van der Waals surface area contributed by atoms with E-state index in [1.54, 1.807) is 0 Å². The van der Waals surface area contributed by atoms with Crippen LogP contribution in [0.15, 0.2) is 0 Å². The summed E-state index contributed by atoms with van der Waals surface area (Å²) in [4.78, 5) is 2.42. The normalized spacial score (nSPS) is 16.8. The van der Waals surface area contributed by atoms with Crippen molar-refractivity contribution in [2.45, 2.75) is 53.1 Å². The highest BCUT2D eigenvalue weighted by Gasteiger charge is 2.32. The van der Waals surface area contributed by atoms with Gasteiger partial charge in [-0.1, -0.05) is 13.8 Å². The summed E-state index contributed by atoms with van der Waals surface area (Å²) in [6.45, 7) is 10.9. The number of aromatic nitrogens is 2. The number of rotatable bonds is 7. The zero-order valence-electron chi connectivity index (χ0n) is 13.9. The molecule has 1 aromatic rings. The second-order valence-corrected chi connectivity index (χ2v) is 6.72. The monoisotopic (exact) mass is 278 g/mol. The van der Waals surface area contributed by atoms with Crippen LogP contribution in [0.1, 0.15) is 44.9 Å². The standard InChI is InChI=1S/C16H30N4/c1-11(2)9-17-10-15-12(3)18-20(6)16(15)19(5)13(4)14-7-8-14/h11,13-14,17H,7-10H2,1-6H3. The Balaban J connectivity index is 2.13. The van der Waals surface area contributed by atoms with E-state index in [1.807, 2.05) is 4.68 Å². The molecule has 4 nitrogen and oxygen atoms in total. The van der Waals surface area contributed by atoms with Crippen molar-refractivity contribution in [3.63, 3.8) is 0 Å². The molecule has 1 fully saturated rings. The lowest BCUT2D eigenvalue weighted by Gasteiger charge is -2.28. The van der Waals surface area contributed by atoms with Crippen molar-refractivity contribution >= 4 is 5.82 Å². The second-order valence-electron chi connectivity index (χ2n) is 6.72. The summed E-state index contributed by atoms with van der Waals surface area (Å²) in [6.07, 6.45) is 2.76. The van der Waals surface area contributed by atoms with E-state index in [1.165, 1.54) is 24.2 Å². The van der Waals surface area contributed by atoms with E-state index in [2.05, 4.69) is 57.1 Å². The van der Waals surface area contributed by atoms with Gasteiger partial charge >= 0.3 is 0 Å². The Morgan fingerprint density at radius 1 is 1.35 bits per heavy atom. The average molecular weight is 278 g/mol. The fraction of sp³-hybridized carbons (Fsp3) is 0.812. The molecule has 0 amide bonds. The van der Waals surface area contributed by atoms with Crippen molar-refractivity contribution in [2.75, 3.05) is 18.5 Å². The van der Waals surface area contributed by atoms with Crippen LogP contribution in [0.25, 0.3) is 0 Å². The second kappa shape index (κ2) is 6.17. The highest BCUT2D eigenvalue weighted by Crippen LogP contribution is 2.37. The molecule has 1 atom stereocenters. The van der Waals surface area contributed by atoms with Crippen molar-refractivity contribution in [3.8, 4) is 0 Å². The van der Waals surface area contributed by atoms with Crippen LogP contribution in [0.3, 0.4) is 0 Å². The van der Waals surface area contributed by atoms with Crippen molar-refractivity contribution < 1.29 is 0 Å². The third-order valence-electron chi connectivity index (χ3n) is 4.42. The fourth-order valence-electron chi connectivity index (χ4n) is 2.91. The number of hydrogen-bond acceptors (Lipinski definition) is 3. The van der Waals surface area contributed by atoms with Crippen LogP contribution in [0.4, 0.5) is 5.82 Å². The fourth-order valence-corrected chi connectivity index (χ4v) is 2.91. The van der Waals surface area contributed by atoms with Crippen LogP contribution in [0.2, 0.25) is 0 Å². The van der Waals surface area contributed by atoms with Crippen molar-refractivity contribution in [1.82, 2.24) is 15.1 Å². The van der Waals surface area contributed by atoms with Gasteiger partial charge in [0, 0.05) is 32.2 Å². The lowest BCUT2D eigenvalue weighted by Crippen LogP contribution is -2.33. The molecule has 4 heteroatoms. The van der Waals surface area contributed by atoms with E-state index in [0.29, 0.717) is 12.0 Å². The Labute approximate surface area is 123 Å². The summed E-state index contributed by atoms with van der Waals surface area (Å²) < 4.78 is 2.04. The van der Waals surface area contributed by atoms with Gasteiger partial charge in [0.05, 0.1) is 5.69 Å². The van der Waals surface area contributed by atoms with E-state index in [4.69, 9.17) is 0 Å². The molecular weight excluding hydrogens is 248 g/mol. The van der Waals surface area contributed by atoms with Gasteiger partial charge in [-0.15, -0.1) is 0 Å². The highest BCUT2D eigenvalue weighted by molar-refractivity contribution is 5.50. The van der Waals surface area contributed by atoms with Gasteiger partial charge < -0.3 is 10.2 Å². The molecule has 0 radical (unpaired) electrons. The Kier molecular flexibility index (Phi) is 4.74. The van der Waals surface area contributed by atoms with Crippen molar-refractivity contribution in [2.24, 2.45) is 18.9 Å². The van der Waals surface area contributed by atoms with E-state index in [9.17, 15) is 0 Å². The molecule has 0 spiro atoms. The zero-order valence-corrected chi connectivity index (χ0v) is 13.9. The summed E-state index contributed by atoms with van der Waals surface area (Å²) in [5, 5.41) is 8.18. The molecule has 1 aromatic heterocycles. The third kappa shape index (κ3) is 3.35. The molecular formula is C16H30N4. The van der Waals surface area contributed by atoms with Crippen molar-refractivity contribution in [3.05, 3.63) is 11.3 Å². The number of nitrogens with zero attached hydrogens (tertiary/aromatic N) is 3. The highest BCUT2D eigenvalue weighted by atomic mass is 15.4. The molecule has 114 valence electrons. The first-order chi connectivity index (χ1) is 9.41. The van der Waals surface area contributed by atoms with Crippen LogP contribution < -0.4 is 10.2 Å². The smallest absolute Gasteiger partial charge is 0.131 e. The Morgan fingerprint density at radius 3 is 2.55 bits per heavy atom. The molecule has 1 aliphatic carbocycles. The number of anilines is 1. The quantitative estimate of drug-likeness (QED) is 0.832. The topological polar surface area (TPSA) is 33.1 Å². The SMILES string of the molecule is Cc1nn(C)c(N(C)C(C)C2CC2)c1CNCC(C)C. The van der Waals surface area contributed by atoms with Crippen molar-refractivity contribution in [1.29, 1.82) is 0 Å². The summed E-state index contributed by atoms with van der Waals surface area (Å²) in [5.41, 5.74) is 2.50. The number of nitrogens with one attached hydrogen (secondary N) is 1. The molecule has 0 aliphatic heterocycles. The first-order valence-corrected chi connectivity index (χ1v) is 7.87. The molecule has 1 aliphatic rings. The van der Waals surface area contributed by atoms with E-state index >= 15 is 0 Å². The lowest BCUT2D eigenvalue weighted by molar-refractivity contribution is 0.547. The predicted molar refractivity (Wildman–Crippen MR) is 85.1 cm³/mol. The molecule has 1 heterocycles. The molecule has 1 unspecified atom stereocenters. The first kappa shape index (κ1) is 15.4. The van der Waals surface area contributed by atoms with E-state index < -0.39 is 0 Å². The summed E-state index contributed by atoms with van der Waals surface area (Å²) in [5.74, 6) is 2.82. The summed E-state index contributed by atoms with van der Waals surface area (Å²) in [7, 11) is 4.27. The van der Waals surface area contributed by atoms with Crippen LogP contribution in [-0.4, -0.2) is 29.4 Å². The zero-order chi connectivity index (χ0) is 14.9. The van der Waals surface area contributed by atoms with Gasteiger partial charge in [0.2, 0.25) is 0 Å². The maximum Gasteiger partial charge on any atom is 0.131 e. The van der Waals surface area contributed by atoms with Gasteiger partial charge in [-0.25, -0.2) is 0 Å². The lowest BCUT2D eigenvalue weighted by atomic mass is 10.1. The minimum absolute atomic E-state index is 0.605. The Morgan fingerprint density at radius 2 is 2.00 bits per heavy atom. The minimum Gasteiger partial charge on any atom is -0.357 e. The Hall–Kier alpha value is -1.03. The molecule has 1 saturated carbocycles. The predicted octanol–water partition coefficient (Wildman–Crippen LogP) is 2.71. The average Bonchev–Trinajstić information content (AvgIpc) is 3.16. The molecule has 0 bridgehead atoms. The summed E-state index contributed by atoms with van der Waals surface area (Å²) >= 11 is 0. The largest absolute Gasteiger partial charge is 0.357 e. The molecule has 20 heavy (non-hydrogen) atoms. The van der Waals surface area contributed by atoms with Gasteiger partial charge in [-0.3, -0.25) is 4.68 Å². The summed E-state index contributed by atoms with van der Waals surface area (Å²) in [6, 6.07) is 0.605. The molecule has 0 saturated heterocycles. The third-order valence-corrected chi connectivity index (χ3v) is 4.42. The van der Waals surface area contributed by atoms with Gasteiger partial charge in [-0.2, -0.15) is 5.10 Å². The number of hydrogen-bond donors (Lipinski definition) is 1. The molecule has 2 rings (SSSR count). The number of aryl methyl sites for hydroxylation is 2. The van der Waals surface area contributed by atoms with Gasteiger partial charge in [0.15, 0.2) is 0 Å². The van der Waals surface area contributed by atoms with E-state index in [0.717, 1.165) is 24.7 Å². The van der Waals surface area contributed by atoms with Crippen LogP contribution >= 0.6 is 0 Å². The van der Waals surface area contributed by atoms with Crippen LogP contribution in [0.5, 0.6) is 0 Å². The Bertz CT molecular complexity index is 446.